The maximum atomic E-state index is 3.75. The van der Waals surface area contributed by atoms with Crippen molar-refractivity contribution in [2.75, 3.05) is 16.8 Å². The first kappa shape index (κ1) is 14.3. The van der Waals surface area contributed by atoms with E-state index in [0.29, 0.717) is 0 Å². The Morgan fingerprint density at radius 2 is 1.61 bits per heavy atom. The summed E-state index contributed by atoms with van der Waals surface area (Å²) < 4.78 is 1.11. The summed E-state index contributed by atoms with van der Waals surface area (Å²) in [6, 6.07) is 23.3. The average Bonchev–Trinajstić information content (AvgIpc) is 2.60. The van der Waals surface area contributed by atoms with Gasteiger partial charge < -0.3 is 10.2 Å². The van der Waals surface area contributed by atoms with Gasteiger partial charge >= 0.3 is 0 Å². The molecule has 4 rings (SSSR count). The fourth-order valence-corrected chi connectivity index (χ4v) is 3.78. The highest BCUT2D eigenvalue weighted by atomic mass is 79.9. The molecule has 0 fully saturated rings. The van der Waals surface area contributed by atoms with Gasteiger partial charge in [-0.25, -0.2) is 0 Å². The zero-order chi connectivity index (χ0) is 15.8. The van der Waals surface area contributed by atoms with Crippen LogP contribution in [-0.2, 0) is 0 Å². The number of rotatable bonds is 2. The molecule has 1 aliphatic rings. The van der Waals surface area contributed by atoms with Gasteiger partial charge in [0.15, 0.2) is 0 Å². The first-order valence-electron chi connectivity index (χ1n) is 7.81. The van der Waals surface area contributed by atoms with Crippen LogP contribution in [0.15, 0.2) is 71.2 Å². The molecular weight excluding hydrogens is 348 g/mol. The topological polar surface area (TPSA) is 15.3 Å². The van der Waals surface area contributed by atoms with Gasteiger partial charge in [-0.05, 0) is 36.8 Å². The van der Waals surface area contributed by atoms with Crippen LogP contribution in [-0.4, -0.2) is 6.54 Å². The molecule has 1 N–H and O–H groups in total. The minimum absolute atomic E-state index is 0.919. The largest absolute Gasteiger partial charge is 0.352 e. The van der Waals surface area contributed by atoms with Crippen molar-refractivity contribution in [1.82, 2.24) is 0 Å². The molecule has 23 heavy (non-hydrogen) atoms. The van der Waals surface area contributed by atoms with E-state index in [1.165, 1.54) is 22.5 Å². The molecule has 3 aromatic rings. The quantitative estimate of drug-likeness (QED) is 0.571. The summed E-state index contributed by atoms with van der Waals surface area (Å²) >= 11 is 3.75. The molecule has 2 nitrogen and oxygen atoms in total. The van der Waals surface area contributed by atoms with Gasteiger partial charge in [-0.2, -0.15) is 0 Å². The SMILES string of the molecule is CCN1c2ccccc2Nc2ccc(Br)c(-c3ccccc3)c21. The monoisotopic (exact) mass is 364 g/mol. The molecule has 1 heterocycles. The normalized spacial score (nSPS) is 12.3. The Morgan fingerprint density at radius 1 is 0.870 bits per heavy atom. The summed E-state index contributed by atoms with van der Waals surface area (Å²) in [4.78, 5) is 2.38. The number of nitrogens with zero attached hydrogens (tertiary/aromatic N) is 1. The van der Waals surface area contributed by atoms with E-state index in [1.807, 2.05) is 0 Å². The first-order valence-corrected chi connectivity index (χ1v) is 8.60. The van der Waals surface area contributed by atoms with Gasteiger partial charge in [-0.1, -0.05) is 58.4 Å². The molecule has 0 unspecified atom stereocenters. The lowest BCUT2D eigenvalue weighted by molar-refractivity contribution is 1.02. The summed E-state index contributed by atoms with van der Waals surface area (Å²) in [6.45, 7) is 3.11. The van der Waals surface area contributed by atoms with Gasteiger partial charge in [-0.3, -0.25) is 0 Å². The van der Waals surface area contributed by atoms with Crippen molar-refractivity contribution in [2.24, 2.45) is 0 Å². The Balaban J connectivity index is 1.99. The van der Waals surface area contributed by atoms with Crippen molar-refractivity contribution in [2.45, 2.75) is 6.92 Å². The summed E-state index contributed by atoms with van der Waals surface area (Å²) in [5, 5.41) is 3.58. The van der Waals surface area contributed by atoms with Crippen LogP contribution >= 0.6 is 15.9 Å². The minimum Gasteiger partial charge on any atom is -0.352 e. The van der Waals surface area contributed by atoms with Crippen LogP contribution in [0.2, 0.25) is 0 Å². The number of hydrogen-bond acceptors (Lipinski definition) is 2. The van der Waals surface area contributed by atoms with Crippen molar-refractivity contribution in [1.29, 1.82) is 0 Å². The van der Waals surface area contributed by atoms with Crippen LogP contribution in [0.4, 0.5) is 22.7 Å². The van der Waals surface area contributed by atoms with E-state index in [0.717, 1.165) is 22.4 Å². The van der Waals surface area contributed by atoms with Crippen LogP contribution in [0.1, 0.15) is 6.92 Å². The van der Waals surface area contributed by atoms with E-state index < -0.39 is 0 Å². The molecule has 0 saturated heterocycles. The van der Waals surface area contributed by atoms with Gasteiger partial charge in [-0.15, -0.1) is 0 Å². The molecule has 0 aliphatic carbocycles. The predicted molar refractivity (Wildman–Crippen MR) is 102 cm³/mol. The van der Waals surface area contributed by atoms with Crippen molar-refractivity contribution in [3.63, 3.8) is 0 Å². The summed E-state index contributed by atoms with van der Waals surface area (Å²) in [7, 11) is 0. The standard InChI is InChI=1S/C20H17BrN2/c1-2-23-18-11-7-6-10-16(18)22-17-13-12-15(21)19(20(17)23)14-8-4-3-5-9-14/h3-13,22H,2H2,1H3. The Hall–Kier alpha value is -2.26. The molecule has 0 radical (unpaired) electrons. The van der Waals surface area contributed by atoms with Crippen LogP contribution in [0.5, 0.6) is 0 Å². The molecule has 3 heteroatoms. The smallest absolute Gasteiger partial charge is 0.0741 e. The predicted octanol–water partition coefficient (Wildman–Crippen LogP) is 6.33. The summed E-state index contributed by atoms with van der Waals surface area (Å²) in [5.41, 5.74) is 7.20. The maximum absolute atomic E-state index is 3.75. The highest BCUT2D eigenvalue weighted by Crippen LogP contribution is 2.50. The summed E-state index contributed by atoms with van der Waals surface area (Å²) in [5.74, 6) is 0. The van der Waals surface area contributed by atoms with E-state index in [1.54, 1.807) is 0 Å². The third kappa shape index (κ3) is 2.32. The molecule has 0 amide bonds. The number of benzene rings is 3. The molecule has 0 spiro atoms. The third-order valence-electron chi connectivity index (χ3n) is 4.24. The first-order chi connectivity index (χ1) is 11.3. The Labute approximate surface area is 144 Å². The number of anilines is 4. The van der Waals surface area contributed by atoms with Gasteiger partial charge in [0.2, 0.25) is 0 Å². The molecule has 114 valence electrons. The van der Waals surface area contributed by atoms with Crippen molar-refractivity contribution >= 4 is 38.7 Å². The van der Waals surface area contributed by atoms with Crippen LogP contribution in [0, 0.1) is 0 Å². The van der Waals surface area contributed by atoms with Crippen molar-refractivity contribution in [3.8, 4) is 11.1 Å². The van der Waals surface area contributed by atoms with Crippen LogP contribution < -0.4 is 10.2 Å². The van der Waals surface area contributed by atoms with Gasteiger partial charge in [0.25, 0.3) is 0 Å². The van der Waals surface area contributed by atoms with Gasteiger partial charge in [0.05, 0.1) is 22.7 Å². The van der Waals surface area contributed by atoms with Crippen LogP contribution in [0.25, 0.3) is 11.1 Å². The average molecular weight is 365 g/mol. The molecule has 0 aromatic heterocycles. The molecular formula is C20H17BrN2. The lowest BCUT2D eigenvalue weighted by Crippen LogP contribution is -2.23. The Kier molecular flexibility index (Phi) is 3.58. The molecule has 0 saturated carbocycles. The van der Waals surface area contributed by atoms with Gasteiger partial charge in [0.1, 0.15) is 0 Å². The highest BCUT2D eigenvalue weighted by molar-refractivity contribution is 9.10. The number of halogens is 1. The second kappa shape index (κ2) is 5.74. The number of hydrogen-bond donors (Lipinski definition) is 1. The molecule has 1 aliphatic heterocycles. The van der Waals surface area contributed by atoms with Gasteiger partial charge in [0, 0.05) is 16.6 Å². The zero-order valence-corrected chi connectivity index (χ0v) is 14.5. The highest BCUT2D eigenvalue weighted by Gasteiger charge is 2.25. The van der Waals surface area contributed by atoms with Crippen LogP contribution in [0.3, 0.4) is 0 Å². The Morgan fingerprint density at radius 3 is 2.39 bits per heavy atom. The second-order valence-electron chi connectivity index (χ2n) is 5.57. The molecule has 3 aromatic carbocycles. The van der Waals surface area contributed by atoms with E-state index in [4.69, 9.17) is 0 Å². The second-order valence-corrected chi connectivity index (χ2v) is 6.43. The summed E-state index contributed by atoms with van der Waals surface area (Å²) in [6.07, 6.45) is 0. The molecule has 0 bridgehead atoms. The fraction of sp³-hybridized carbons (Fsp3) is 0.100. The van der Waals surface area contributed by atoms with E-state index in [9.17, 15) is 0 Å². The number of nitrogens with one attached hydrogen (secondary N) is 1. The lowest BCUT2D eigenvalue weighted by Gasteiger charge is -2.35. The Bertz CT molecular complexity index is 859. The number of fused-ring (bicyclic) bond motifs is 2. The minimum atomic E-state index is 0.919. The fourth-order valence-electron chi connectivity index (χ4n) is 3.24. The van der Waals surface area contributed by atoms with E-state index >= 15 is 0 Å². The zero-order valence-electron chi connectivity index (χ0n) is 12.9. The van der Waals surface area contributed by atoms with Crippen molar-refractivity contribution < 1.29 is 0 Å². The number of para-hydroxylation sites is 2. The van der Waals surface area contributed by atoms with E-state index in [2.05, 4.69) is 99.8 Å². The van der Waals surface area contributed by atoms with E-state index in [-0.39, 0.29) is 0 Å². The molecule has 0 atom stereocenters. The lowest BCUT2D eigenvalue weighted by atomic mass is 9.99. The third-order valence-corrected chi connectivity index (χ3v) is 4.90. The maximum Gasteiger partial charge on any atom is 0.0741 e. The van der Waals surface area contributed by atoms with Crippen molar-refractivity contribution in [3.05, 3.63) is 71.2 Å².